The Labute approximate surface area is 144 Å². The van der Waals surface area contributed by atoms with Gasteiger partial charge in [0.15, 0.2) is 0 Å². The Morgan fingerprint density at radius 1 is 1.12 bits per heavy atom. The molecule has 24 heavy (non-hydrogen) atoms. The number of rotatable bonds is 6. The summed E-state index contributed by atoms with van der Waals surface area (Å²) in [4.78, 5) is 17.1. The number of carbonyl (C=O) groups is 1. The fraction of sp³-hybridized carbons (Fsp3) is 0.381. The molecular weight excluding hydrogens is 296 g/mol. The molecule has 0 spiro atoms. The second-order valence-electron chi connectivity index (χ2n) is 6.55. The minimum Gasteiger partial charge on any atom is -0.309 e. The molecule has 3 nitrogen and oxygen atoms in total. The minimum absolute atomic E-state index is 0.235. The first-order valence-corrected chi connectivity index (χ1v) is 8.85. The third-order valence-corrected chi connectivity index (χ3v) is 4.81. The van der Waals surface area contributed by atoms with Gasteiger partial charge in [0, 0.05) is 31.2 Å². The lowest BCUT2D eigenvalue weighted by Crippen LogP contribution is -2.38. The molecule has 2 aromatic carbocycles. The van der Waals surface area contributed by atoms with Gasteiger partial charge >= 0.3 is 0 Å². The third-order valence-electron chi connectivity index (χ3n) is 4.81. The van der Waals surface area contributed by atoms with E-state index >= 15 is 0 Å². The van der Waals surface area contributed by atoms with Gasteiger partial charge in [-0.15, -0.1) is 0 Å². The molecule has 1 amide bonds. The number of hydrogen-bond acceptors (Lipinski definition) is 2. The van der Waals surface area contributed by atoms with E-state index in [0.717, 1.165) is 31.7 Å². The molecule has 1 aliphatic heterocycles. The van der Waals surface area contributed by atoms with Crippen molar-refractivity contribution in [1.29, 1.82) is 0 Å². The second-order valence-corrected chi connectivity index (χ2v) is 6.55. The van der Waals surface area contributed by atoms with Crippen molar-refractivity contribution in [3.05, 3.63) is 65.7 Å². The van der Waals surface area contributed by atoms with Gasteiger partial charge in [-0.3, -0.25) is 9.69 Å². The number of hydrogen-bond donors (Lipinski definition) is 0. The van der Waals surface area contributed by atoms with Crippen LogP contribution in [-0.4, -0.2) is 29.9 Å². The van der Waals surface area contributed by atoms with Crippen molar-refractivity contribution in [2.24, 2.45) is 0 Å². The van der Waals surface area contributed by atoms with Crippen LogP contribution in [0.3, 0.4) is 0 Å². The van der Waals surface area contributed by atoms with Crippen molar-refractivity contribution in [3.8, 4) is 0 Å². The highest BCUT2D eigenvalue weighted by atomic mass is 16.2. The summed E-state index contributed by atoms with van der Waals surface area (Å²) in [5.41, 5.74) is 3.68. The van der Waals surface area contributed by atoms with Crippen molar-refractivity contribution < 1.29 is 4.79 Å². The Morgan fingerprint density at radius 2 is 1.83 bits per heavy atom. The van der Waals surface area contributed by atoms with Crippen LogP contribution in [0.15, 0.2) is 54.6 Å². The zero-order chi connectivity index (χ0) is 16.9. The molecule has 3 rings (SSSR count). The molecule has 2 aromatic rings. The first-order chi connectivity index (χ1) is 11.7. The molecule has 0 fully saturated rings. The maximum Gasteiger partial charge on any atom is 0.228 e. The van der Waals surface area contributed by atoms with Crippen molar-refractivity contribution >= 4 is 11.6 Å². The number of fused-ring (bicyclic) bond motifs is 1. The predicted molar refractivity (Wildman–Crippen MR) is 99.1 cm³/mol. The number of para-hydroxylation sites is 1. The van der Waals surface area contributed by atoms with Gasteiger partial charge < -0.3 is 4.90 Å². The molecule has 0 radical (unpaired) electrons. The van der Waals surface area contributed by atoms with Crippen LogP contribution in [0.2, 0.25) is 0 Å². The zero-order valence-corrected chi connectivity index (χ0v) is 14.6. The Kier molecular flexibility index (Phi) is 5.31. The summed E-state index contributed by atoms with van der Waals surface area (Å²) in [5, 5.41) is 0. The van der Waals surface area contributed by atoms with E-state index in [9.17, 15) is 4.79 Å². The highest BCUT2D eigenvalue weighted by molar-refractivity contribution is 5.96. The van der Waals surface area contributed by atoms with Crippen molar-refractivity contribution in [2.45, 2.75) is 39.3 Å². The first kappa shape index (κ1) is 16.7. The lowest BCUT2D eigenvalue weighted by Gasteiger charge is -2.25. The number of carbonyl (C=O) groups excluding carboxylic acids is 1. The Balaban J connectivity index is 1.60. The summed E-state index contributed by atoms with van der Waals surface area (Å²) in [5.74, 6) is 0.235. The summed E-state index contributed by atoms with van der Waals surface area (Å²) in [7, 11) is 0. The van der Waals surface area contributed by atoms with Gasteiger partial charge in [0.25, 0.3) is 0 Å². The molecule has 3 heteroatoms. The van der Waals surface area contributed by atoms with E-state index in [4.69, 9.17) is 0 Å². The van der Waals surface area contributed by atoms with Gasteiger partial charge in [0.05, 0.1) is 0 Å². The summed E-state index contributed by atoms with van der Waals surface area (Å²) in [6.07, 6.45) is 1.53. The monoisotopic (exact) mass is 322 g/mol. The molecule has 1 aliphatic rings. The van der Waals surface area contributed by atoms with Crippen LogP contribution in [0.25, 0.3) is 0 Å². The summed E-state index contributed by atoms with van der Waals surface area (Å²) < 4.78 is 0. The van der Waals surface area contributed by atoms with Gasteiger partial charge in [-0.2, -0.15) is 0 Å². The molecule has 0 saturated carbocycles. The predicted octanol–water partition coefficient (Wildman–Crippen LogP) is 3.88. The maximum absolute atomic E-state index is 12.8. The first-order valence-electron chi connectivity index (χ1n) is 8.85. The van der Waals surface area contributed by atoms with Crippen molar-refractivity contribution in [2.75, 3.05) is 18.0 Å². The van der Waals surface area contributed by atoms with E-state index in [1.165, 1.54) is 11.1 Å². The fourth-order valence-electron chi connectivity index (χ4n) is 3.51. The quantitative estimate of drug-likeness (QED) is 0.806. The van der Waals surface area contributed by atoms with E-state index in [2.05, 4.69) is 61.2 Å². The molecule has 0 aliphatic carbocycles. The zero-order valence-electron chi connectivity index (χ0n) is 14.6. The van der Waals surface area contributed by atoms with E-state index in [1.54, 1.807) is 0 Å². The van der Waals surface area contributed by atoms with E-state index in [-0.39, 0.29) is 11.9 Å². The standard InChI is InChI=1S/C21H26N2O/c1-3-22(16-18-9-5-4-6-10-18)14-13-21(24)23-17(2)15-19-11-7-8-12-20(19)23/h4-12,17H,3,13-16H2,1-2H3. The molecule has 1 atom stereocenters. The van der Waals surface area contributed by atoms with Crippen LogP contribution in [0.5, 0.6) is 0 Å². The summed E-state index contributed by atoms with van der Waals surface area (Å²) >= 11 is 0. The highest BCUT2D eigenvalue weighted by Gasteiger charge is 2.30. The molecule has 0 saturated heterocycles. The topological polar surface area (TPSA) is 23.6 Å². The summed E-state index contributed by atoms with van der Waals surface area (Å²) in [6, 6.07) is 19.0. The maximum atomic E-state index is 12.8. The van der Waals surface area contributed by atoms with Gasteiger partial charge in [0.1, 0.15) is 0 Å². The number of benzene rings is 2. The van der Waals surface area contributed by atoms with E-state index in [0.29, 0.717) is 6.42 Å². The van der Waals surface area contributed by atoms with Crippen molar-refractivity contribution in [1.82, 2.24) is 4.90 Å². The van der Waals surface area contributed by atoms with Crippen LogP contribution >= 0.6 is 0 Å². The van der Waals surface area contributed by atoms with E-state index < -0.39 is 0 Å². The van der Waals surface area contributed by atoms with E-state index in [1.807, 2.05) is 17.0 Å². The Hall–Kier alpha value is -2.13. The molecule has 0 bridgehead atoms. The van der Waals surface area contributed by atoms with Crippen LogP contribution in [-0.2, 0) is 17.8 Å². The molecular formula is C21H26N2O. The summed E-state index contributed by atoms with van der Waals surface area (Å²) in [6.45, 7) is 6.95. The lowest BCUT2D eigenvalue weighted by molar-refractivity contribution is -0.119. The van der Waals surface area contributed by atoms with Crippen LogP contribution < -0.4 is 4.90 Å². The average Bonchev–Trinajstić information content (AvgIpc) is 2.95. The molecule has 1 unspecified atom stereocenters. The molecule has 0 aromatic heterocycles. The normalized spacial score (nSPS) is 16.5. The Morgan fingerprint density at radius 3 is 2.58 bits per heavy atom. The third kappa shape index (κ3) is 3.68. The van der Waals surface area contributed by atoms with Gasteiger partial charge in [0.2, 0.25) is 5.91 Å². The Bertz CT molecular complexity index is 683. The van der Waals surface area contributed by atoms with Gasteiger partial charge in [-0.1, -0.05) is 55.5 Å². The SMILES string of the molecule is CCN(CCC(=O)N1c2ccccc2CC1C)Cc1ccccc1. The fourth-order valence-corrected chi connectivity index (χ4v) is 3.51. The average molecular weight is 322 g/mol. The molecule has 126 valence electrons. The smallest absolute Gasteiger partial charge is 0.228 e. The number of amides is 1. The second kappa shape index (κ2) is 7.63. The van der Waals surface area contributed by atoms with Crippen LogP contribution in [0.4, 0.5) is 5.69 Å². The van der Waals surface area contributed by atoms with Gasteiger partial charge in [-0.05, 0) is 37.1 Å². The van der Waals surface area contributed by atoms with Crippen LogP contribution in [0.1, 0.15) is 31.4 Å². The van der Waals surface area contributed by atoms with Crippen LogP contribution in [0, 0.1) is 0 Å². The minimum atomic E-state index is 0.235. The number of anilines is 1. The molecule has 0 N–H and O–H groups in total. The number of nitrogens with zero attached hydrogens (tertiary/aromatic N) is 2. The largest absolute Gasteiger partial charge is 0.309 e. The molecule has 1 heterocycles. The van der Waals surface area contributed by atoms with Crippen molar-refractivity contribution in [3.63, 3.8) is 0 Å². The van der Waals surface area contributed by atoms with Gasteiger partial charge in [-0.25, -0.2) is 0 Å². The lowest BCUT2D eigenvalue weighted by atomic mass is 10.1. The highest BCUT2D eigenvalue weighted by Crippen LogP contribution is 2.32.